The van der Waals surface area contributed by atoms with Gasteiger partial charge in [-0.15, -0.1) is 11.3 Å². The van der Waals surface area contributed by atoms with Crippen LogP contribution in [0, 0.1) is 6.92 Å². The topological polar surface area (TPSA) is 24.8 Å². The molecule has 1 saturated heterocycles. The number of nitrogens with one attached hydrogen (secondary N) is 1. The smallest absolute Gasteiger partial charge is 0.270 e. The number of benzene rings is 2. The number of aryl methyl sites for hydroxylation is 1. The number of hydrogen-bond acceptors (Lipinski definition) is 2. The van der Waals surface area contributed by atoms with Crippen molar-refractivity contribution < 1.29 is 9.69 Å². The summed E-state index contributed by atoms with van der Waals surface area (Å²) in [4.78, 5) is 17.9. The zero-order valence-electron chi connectivity index (χ0n) is 15.5. The number of likely N-dealkylation sites (tertiary alicyclic amines) is 1. The first-order valence-electron chi connectivity index (χ1n) is 9.47. The summed E-state index contributed by atoms with van der Waals surface area (Å²) in [5.74, 6) is 0.462. The number of halogens is 1. The van der Waals surface area contributed by atoms with E-state index in [1.165, 1.54) is 27.4 Å². The molecule has 0 saturated carbocycles. The van der Waals surface area contributed by atoms with Crippen molar-refractivity contribution in [2.24, 2.45) is 0 Å². The molecule has 2 aliphatic rings. The highest BCUT2D eigenvalue weighted by molar-refractivity contribution is 7.21. The maximum atomic E-state index is 13.7. The Morgan fingerprint density at radius 2 is 2.07 bits per heavy atom. The molecule has 27 heavy (non-hydrogen) atoms. The molecule has 3 nitrogen and oxygen atoms in total. The van der Waals surface area contributed by atoms with Gasteiger partial charge in [-0.2, -0.15) is 0 Å². The van der Waals surface area contributed by atoms with Gasteiger partial charge in [0, 0.05) is 22.2 Å². The number of amides is 1. The Balaban J connectivity index is 1.63. The minimum absolute atomic E-state index is 0.0540. The molecule has 0 radical (unpaired) electrons. The predicted molar refractivity (Wildman–Crippen MR) is 113 cm³/mol. The van der Waals surface area contributed by atoms with Crippen LogP contribution >= 0.6 is 22.9 Å². The molecule has 3 aromatic rings. The molecule has 2 aliphatic heterocycles. The molecule has 1 fully saturated rings. The summed E-state index contributed by atoms with van der Waals surface area (Å²) in [5, 5.41) is 1.57. The molecule has 1 unspecified atom stereocenters. The van der Waals surface area contributed by atoms with Gasteiger partial charge in [0.15, 0.2) is 0 Å². The molecule has 0 spiro atoms. The number of carbonyl (C=O) groups is 1. The van der Waals surface area contributed by atoms with E-state index in [1.807, 2.05) is 29.2 Å². The first-order chi connectivity index (χ1) is 13.0. The number of hydrogen-bond donors (Lipinski definition) is 1. The van der Waals surface area contributed by atoms with Gasteiger partial charge in [-0.25, -0.2) is 0 Å². The highest BCUT2D eigenvalue weighted by Gasteiger charge is 2.46. The van der Waals surface area contributed by atoms with Gasteiger partial charge in [0.05, 0.1) is 37.1 Å². The average molecular weight is 398 g/mol. The number of likely N-dealkylation sites (N-methyl/N-ethyl adjacent to an activating group) is 1. The van der Waals surface area contributed by atoms with Crippen molar-refractivity contribution in [3.8, 4) is 0 Å². The second kappa shape index (κ2) is 6.33. The predicted octanol–water partition coefficient (Wildman–Crippen LogP) is 3.89. The average Bonchev–Trinajstić information content (AvgIpc) is 3.16. The Bertz CT molecular complexity index is 1060. The number of piperidine rings is 1. The van der Waals surface area contributed by atoms with Gasteiger partial charge in [-0.3, -0.25) is 4.79 Å². The fraction of sp³-hybridized carbons (Fsp3) is 0.318. The number of rotatable bonds is 1. The van der Waals surface area contributed by atoms with Crippen LogP contribution in [0.25, 0.3) is 10.1 Å². The first kappa shape index (κ1) is 17.2. The van der Waals surface area contributed by atoms with Crippen molar-refractivity contribution in [2.45, 2.75) is 25.3 Å². The molecule has 2 aromatic carbocycles. The Labute approximate surface area is 168 Å². The van der Waals surface area contributed by atoms with Gasteiger partial charge in [-0.05, 0) is 24.6 Å². The molecule has 0 aliphatic carbocycles. The van der Waals surface area contributed by atoms with Crippen molar-refractivity contribution in [2.75, 3.05) is 25.0 Å². The molecule has 3 heterocycles. The van der Waals surface area contributed by atoms with Crippen LogP contribution in [0.1, 0.15) is 33.1 Å². The fourth-order valence-electron chi connectivity index (χ4n) is 4.73. The molecule has 1 N–H and O–H groups in total. The molecule has 138 valence electrons. The monoisotopic (exact) mass is 397 g/mol. The Kier molecular flexibility index (Phi) is 4.04. The summed E-state index contributed by atoms with van der Waals surface area (Å²) in [6.45, 7) is 4.30. The van der Waals surface area contributed by atoms with Crippen molar-refractivity contribution >= 4 is 44.6 Å². The molecule has 5 rings (SSSR count). The van der Waals surface area contributed by atoms with Crippen LogP contribution in [0.2, 0.25) is 5.02 Å². The third-order valence-corrected chi connectivity index (χ3v) is 7.68. The molecule has 0 bridgehead atoms. The Morgan fingerprint density at radius 3 is 2.89 bits per heavy atom. The Morgan fingerprint density at radius 1 is 1.26 bits per heavy atom. The molecule has 1 aromatic heterocycles. The van der Waals surface area contributed by atoms with Crippen LogP contribution in [0.3, 0.4) is 0 Å². The maximum absolute atomic E-state index is 13.7. The standard InChI is InChI=1S/C22H21ClN2OS/c1-13-7-8-17-15(11-13)16-12-24(2)10-9-18(16)25(17)22(26)21-20(23)14-5-3-4-6-19(14)27-21/h3-8,11,16,18H,9-10,12H2,1-2H3/p+1/t16-,18+/m0/s1. The normalized spacial score (nSPS) is 24.1. The summed E-state index contributed by atoms with van der Waals surface area (Å²) < 4.78 is 1.07. The largest absolute Gasteiger partial charge is 0.337 e. The van der Waals surface area contributed by atoms with Crippen LogP contribution in [-0.4, -0.2) is 32.1 Å². The van der Waals surface area contributed by atoms with E-state index in [9.17, 15) is 4.79 Å². The highest BCUT2D eigenvalue weighted by atomic mass is 35.5. The summed E-state index contributed by atoms with van der Waals surface area (Å²) in [6.07, 6.45) is 1.03. The van der Waals surface area contributed by atoms with Gasteiger partial charge in [0.25, 0.3) is 5.91 Å². The van der Waals surface area contributed by atoms with Crippen molar-refractivity contribution in [1.29, 1.82) is 0 Å². The summed E-state index contributed by atoms with van der Waals surface area (Å²) in [5.41, 5.74) is 3.65. The van der Waals surface area contributed by atoms with Crippen LogP contribution in [-0.2, 0) is 0 Å². The maximum Gasteiger partial charge on any atom is 0.270 e. The highest BCUT2D eigenvalue weighted by Crippen LogP contribution is 2.45. The minimum Gasteiger partial charge on any atom is -0.337 e. The second-order valence-corrected chi connectivity index (χ2v) is 9.28. The van der Waals surface area contributed by atoms with Crippen molar-refractivity contribution in [3.63, 3.8) is 0 Å². The second-order valence-electron chi connectivity index (χ2n) is 7.85. The van der Waals surface area contributed by atoms with E-state index in [-0.39, 0.29) is 11.9 Å². The SMILES string of the molecule is Cc1ccc2c(c1)[C@@H]1C[NH+](C)CC[C@H]1N2C(=O)c1sc2ccccc2c1Cl. The quantitative estimate of drug-likeness (QED) is 0.662. The van der Waals surface area contributed by atoms with Crippen molar-refractivity contribution in [3.05, 3.63) is 63.5 Å². The van der Waals surface area contributed by atoms with Crippen LogP contribution in [0.15, 0.2) is 42.5 Å². The number of quaternary nitrogens is 1. The summed E-state index contributed by atoms with van der Waals surface area (Å²) in [6, 6.07) is 14.7. The number of thiophene rings is 1. The number of nitrogens with zero attached hydrogens (tertiary/aromatic N) is 1. The van der Waals surface area contributed by atoms with Crippen LogP contribution in [0.5, 0.6) is 0 Å². The number of anilines is 1. The van der Waals surface area contributed by atoms with E-state index < -0.39 is 0 Å². The lowest BCUT2D eigenvalue weighted by molar-refractivity contribution is -0.886. The third kappa shape index (κ3) is 2.62. The molecule has 5 heteroatoms. The summed E-state index contributed by atoms with van der Waals surface area (Å²) in [7, 11) is 2.25. The van der Waals surface area contributed by atoms with E-state index in [0.717, 1.165) is 35.3 Å². The van der Waals surface area contributed by atoms with E-state index >= 15 is 0 Å². The molecular weight excluding hydrogens is 376 g/mol. The lowest BCUT2D eigenvalue weighted by atomic mass is 9.89. The molecular formula is C22H22ClN2OS+. The third-order valence-electron chi connectivity index (χ3n) is 6.02. The zero-order valence-corrected chi connectivity index (χ0v) is 17.0. The fourth-order valence-corrected chi connectivity index (χ4v) is 6.17. The van der Waals surface area contributed by atoms with Crippen LogP contribution < -0.4 is 9.80 Å². The Hall–Kier alpha value is -1.88. The number of carbonyl (C=O) groups excluding carboxylic acids is 1. The molecule has 3 atom stereocenters. The minimum atomic E-state index is 0.0540. The van der Waals surface area contributed by atoms with Gasteiger partial charge >= 0.3 is 0 Å². The van der Waals surface area contributed by atoms with E-state index in [2.05, 4.69) is 32.2 Å². The van der Waals surface area contributed by atoms with Gasteiger partial charge < -0.3 is 9.80 Å². The first-order valence-corrected chi connectivity index (χ1v) is 10.7. The van der Waals surface area contributed by atoms with E-state index in [1.54, 1.807) is 0 Å². The lowest BCUT2D eigenvalue weighted by Gasteiger charge is -2.34. The summed E-state index contributed by atoms with van der Waals surface area (Å²) >= 11 is 8.15. The zero-order chi connectivity index (χ0) is 18.7. The van der Waals surface area contributed by atoms with Gasteiger partial charge in [0.2, 0.25) is 0 Å². The van der Waals surface area contributed by atoms with Crippen molar-refractivity contribution in [1.82, 2.24) is 0 Å². The van der Waals surface area contributed by atoms with E-state index in [4.69, 9.17) is 11.6 Å². The van der Waals surface area contributed by atoms with Gasteiger partial charge in [-0.1, -0.05) is 47.5 Å². The molecule has 1 amide bonds. The lowest BCUT2D eigenvalue weighted by Crippen LogP contribution is -3.11. The number of fused-ring (bicyclic) bond motifs is 4. The van der Waals surface area contributed by atoms with Crippen LogP contribution in [0.4, 0.5) is 5.69 Å². The van der Waals surface area contributed by atoms with Gasteiger partial charge in [0.1, 0.15) is 4.88 Å². The van der Waals surface area contributed by atoms with E-state index in [0.29, 0.717) is 15.8 Å².